The summed E-state index contributed by atoms with van der Waals surface area (Å²) in [5.74, 6) is 0.381. The quantitative estimate of drug-likeness (QED) is 0.798. The van der Waals surface area contributed by atoms with Gasteiger partial charge in [0, 0.05) is 12.2 Å². The minimum absolute atomic E-state index is 0.137. The van der Waals surface area contributed by atoms with Crippen molar-refractivity contribution in [3.05, 3.63) is 18.3 Å². The molecule has 1 atom stereocenters. The van der Waals surface area contributed by atoms with Gasteiger partial charge in [0.2, 0.25) is 0 Å². The molecule has 1 aromatic heterocycles. The number of anilines is 1. The van der Waals surface area contributed by atoms with Gasteiger partial charge >= 0.3 is 6.03 Å². The third kappa shape index (κ3) is 3.92. The van der Waals surface area contributed by atoms with E-state index in [1.807, 2.05) is 13.0 Å². The third-order valence-corrected chi connectivity index (χ3v) is 1.98. The monoisotopic (exact) mass is 219 g/mol. The number of nitrogens with zero attached hydrogens (tertiary/aromatic N) is 3. The van der Waals surface area contributed by atoms with Gasteiger partial charge in [-0.3, -0.25) is 5.32 Å². The second-order valence-corrected chi connectivity index (χ2v) is 3.17. The van der Waals surface area contributed by atoms with Crippen LogP contribution in [0.25, 0.3) is 0 Å². The highest BCUT2D eigenvalue weighted by Gasteiger charge is 2.09. The van der Waals surface area contributed by atoms with Crippen LogP contribution in [0.5, 0.6) is 0 Å². The molecule has 2 amide bonds. The molecular formula is C10H13N5O. The zero-order valence-electron chi connectivity index (χ0n) is 8.97. The standard InChI is InChI=1S/C10H13N5O/c1-2-8(5-6-11)13-10(16)14-9-4-3-7-12-15-9/h3-4,7-8H,2,5H2,1H3,(H2,13,14,15,16)/t8-/m0/s1. The summed E-state index contributed by atoms with van der Waals surface area (Å²) in [5, 5.41) is 21.1. The Hall–Kier alpha value is -2.16. The normalized spacial score (nSPS) is 11.2. The zero-order valence-corrected chi connectivity index (χ0v) is 8.97. The minimum Gasteiger partial charge on any atom is -0.334 e. The first-order valence-corrected chi connectivity index (χ1v) is 4.98. The van der Waals surface area contributed by atoms with Crippen LogP contribution in [0, 0.1) is 11.3 Å². The smallest absolute Gasteiger partial charge is 0.320 e. The molecule has 1 heterocycles. The number of amides is 2. The van der Waals surface area contributed by atoms with E-state index in [-0.39, 0.29) is 12.1 Å². The summed E-state index contributed by atoms with van der Waals surface area (Å²) < 4.78 is 0. The van der Waals surface area contributed by atoms with Crippen molar-refractivity contribution in [3.8, 4) is 6.07 Å². The first-order valence-electron chi connectivity index (χ1n) is 4.98. The van der Waals surface area contributed by atoms with E-state index in [2.05, 4.69) is 20.8 Å². The lowest BCUT2D eigenvalue weighted by Crippen LogP contribution is -2.37. The Morgan fingerprint density at radius 3 is 3.06 bits per heavy atom. The van der Waals surface area contributed by atoms with E-state index in [0.717, 1.165) is 0 Å². The van der Waals surface area contributed by atoms with Crippen LogP contribution in [0.2, 0.25) is 0 Å². The van der Waals surface area contributed by atoms with Crippen LogP contribution >= 0.6 is 0 Å². The fraction of sp³-hybridized carbons (Fsp3) is 0.400. The number of carbonyl (C=O) groups is 1. The van der Waals surface area contributed by atoms with Gasteiger partial charge in [0.25, 0.3) is 0 Å². The lowest BCUT2D eigenvalue weighted by atomic mass is 10.2. The Kier molecular flexibility index (Phi) is 4.73. The van der Waals surface area contributed by atoms with E-state index in [1.165, 1.54) is 6.20 Å². The van der Waals surface area contributed by atoms with Gasteiger partial charge in [0.05, 0.1) is 12.5 Å². The summed E-state index contributed by atoms with van der Waals surface area (Å²) in [6.45, 7) is 1.91. The summed E-state index contributed by atoms with van der Waals surface area (Å²) in [6, 6.07) is 4.82. The molecule has 0 aliphatic carbocycles. The van der Waals surface area contributed by atoms with Crippen LogP contribution in [0.3, 0.4) is 0 Å². The Balaban J connectivity index is 2.44. The zero-order chi connectivity index (χ0) is 11.8. The molecule has 0 saturated carbocycles. The first kappa shape index (κ1) is 11.9. The van der Waals surface area contributed by atoms with Crippen LogP contribution in [0.15, 0.2) is 18.3 Å². The number of carbonyl (C=O) groups excluding carboxylic acids is 1. The highest BCUT2D eigenvalue weighted by molar-refractivity contribution is 5.88. The predicted molar refractivity (Wildman–Crippen MR) is 58.5 cm³/mol. The number of hydrogen-bond acceptors (Lipinski definition) is 4. The Bertz CT molecular complexity index is 373. The van der Waals surface area contributed by atoms with Gasteiger partial charge in [-0.25, -0.2) is 4.79 Å². The van der Waals surface area contributed by atoms with Gasteiger partial charge in [-0.1, -0.05) is 6.92 Å². The fourth-order valence-corrected chi connectivity index (χ4v) is 1.11. The number of nitriles is 1. The maximum Gasteiger partial charge on any atom is 0.320 e. The summed E-state index contributed by atoms with van der Waals surface area (Å²) in [6.07, 6.45) is 2.53. The van der Waals surface area contributed by atoms with Gasteiger partial charge in [-0.15, -0.1) is 5.10 Å². The van der Waals surface area contributed by atoms with Crippen LogP contribution in [0.4, 0.5) is 10.6 Å². The number of hydrogen-bond donors (Lipinski definition) is 2. The Morgan fingerprint density at radius 1 is 1.69 bits per heavy atom. The largest absolute Gasteiger partial charge is 0.334 e. The molecule has 84 valence electrons. The molecule has 16 heavy (non-hydrogen) atoms. The molecule has 0 fully saturated rings. The molecule has 0 aliphatic rings. The van der Waals surface area contributed by atoms with E-state index in [0.29, 0.717) is 18.7 Å². The van der Waals surface area contributed by atoms with E-state index >= 15 is 0 Å². The second-order valence-electron chi connectivity index (χ2n) is 3.17. The van der Waals surface area contributed by atoms with E-state index in [1.54, 1.807) is 12.1 Å². The number of nitrogens with one attached hydrogen (secondary N) is 2. The molecule has 1 rings (SSSR count). The van der Waals surface area contributed by atoms with Crippen molar-refractivity contribution in [2.45, 2.75) is 25.8 Å². The molecular weight excluding hydrogens is 206 g/mol. The summed E-state index contributed by atoms with van der Waals surface area (Å²) in [4.78, 5) is 11.5. The molecule has 0 aromatic carbocycles. The van der Waals surface area contributed by atoms with Crippen molar-refractivity contribution in [2.24, 2.45) is 0 Å². The van der Waals surface area contributed by atoms with E-state index in [9.17, 15) is 4.79 Å². The topological polar surface area (TPSA) is 90.7 Å². The summed E-state index contributed by atoms with van der Waals surface area (Å²) in [5.41, 5.74) is 0. The van der Waals surface area contributed by atoms with Crippen LogP contribution in [0.1, 0.15) is 19.8 Å². The van der Waals surface area contributed by atoms with Gasteiger partial charge < -0.3 is 5.32 Å². The molecule has 0 spiro atoms. The number of urea groups is 1. The molecule has 2 N–H and O–H groups in total. The molecule has 0 radical (unpaired) electrons. The molecule has 0 aliphatic heterocycles. The highest BCUT2D eigenvalue weighted by atomic mass is 16.2. The third-order valence-electron chi connectivity index (χ3n) is 1.98. The van der Waals surface area contributed by atoms with Crippen LogP contribution in [-0.4, -0.2) is 22.3 Å². The molecule has 0 saturated heterocycles. The molecule has 0 unspecified atom stereocenters. The first-order chi connectivity index (χ1) is 7.76. The lowest BCUT2D eigenvalue weighted by Gasteiger charge is -2.13. The SMILES string of the molecule is CC[C@@H](CC#N)NC(=O)Nc1cccnn1. The predicted octanol–water partition coefficient (Wildman–Crippen LogP) is 1.29. The Labute approximate surface area is 93.7 Å². The maximum atomic E-state index is 11.5. The van der Waals surface area contributed by atoms with Crippen molar-refractivity contribution in [1.29, 1.82) is 5.26 Å². The van der Waals surface area contributed by atoms with Crippen LogP contribution < -0.4 is 10.6 Å². The van der Waals surface area contributed by atoms with Gasteiger partial charge in [-0.05, 0) is 18.6 Å². The van der Waals surface area contributed by atoms with Crippen molar-refractivity contribution in [2.75, 3.05) is 5.32 Å². The highest BCUT2D eigenvalue weighted by Crippen LogP contribution is 2.00. The average Bonchev–Trinajstić information content (AvgIpc) is 2.29. The van der Waals surface area contributed by atoms with Gasteiger partial charge in [0.15, 0.2) is 5.82 Å². The van der Waals surface area contributed by atoms with E-state index in [4.69, 9.17) is 5.26 Å². The van der Waals surface area contributed by atoms with Crippen molar-refractivity contribution >= 4 is 11.8 Å². The van der Waals surface area contributed by atoms with Crippen LogP contribution in [-0.2, 0) is 0 Å². The van der Waals surface area contributed by atoms with Crippen molar-refractivity contribution in [3.63, 3.8) is 0 Å². The number of aromatic nitrogens is 2. The number of rotatable bonds is 4. The van der Waals surface area contributed by atoms with Gasteiger partial charge in [-0.2, -0.15) is 10.4 Å². The van der Waals surface area contributed by atoms with E-state index < -0.39 is 0 Å². The molecule has 1 aromatic rings. The Morgan fingerprint density at radius 2 is 2.50 bits per heavy atom. The average molecular weight is 219 g/mol. The maximum absolute atomic E-state index is 11.5. The van der Waals surface area contributed by atoms with Crippen molar-refractivity contribution in [1.82, 2.24) is 15.5 Å². The second kappa shape index (κ2) is 6.35. The lowest BCUT2D eigenvalue weighted by molar-refractivity contribution is 0.248. The van der Waals surface area contributed by atoms with Crippen molar-refractivity contribution < 1.29 is 4.79 Å². The summed E-state index contributed by atoms with van der Waals surface area (Å²) in [7, 11) is 0. The molecule has 6 heteroatoms. The van der Waals surface area contributed by atoms with Gasteiger partial charge in [0.1, 0.15) is 0 Å². The molecule has 6 nitrogen and oxygen atoms in total. The summed E-state index contributed by atoms with van der Waals surface area (Å²) >= 11 is 0. The minimum atomic E-state index is -0.373. The molecule has 0 bridgehead atoms. The fourth-order valence-electron chi connectivity index (χ4n) is 1.11.